The summed E-state index contributed by atoms with van der Waals surface area (Å²) in [7, 11) is 1.58. The van der Waals surface area contributed by atoms with Crippen LogP contribution in [0.25, 0.3) is 43.2 Å². The number of hydrogen-bond acceptors (Lipinski definition) is 7. The largest absolute Gasteiger partial charge is 0.481 e. The number of thiazole rings is 1. The molecular weight excluding hydrogens is 546 g/mol. The highest BCUT2D eigenvalue weighted by atomic mass is 35.5. The molecule has 0 saturated carbocycles. The van der Waals surface area contributed by atoms with Gasteiger partial charge < -0.3 is 14.6 Å². The summed E-state index contributed by atoms with van der Waals surface area (Å²) < 4.78 is 12.4. The number of carbonyl (C=O) groups is 1. The van der Waals surface area contributed by atoms with Crippen molar-refractivity contribution in [2.75, 3.05) is 7.11 Å². The van der Waals surface area contributed by atoms with Crippen molar-refractivity contribution in [1.29, 1.82) is 0 Å². The number of carboxylic acids is 1. The van der Waals surface area contributed by atoms with Crippen LogP contribution in [-0.4, -0.2) is 38.7 Å². The summed E-state index contributed by atoms with van der Waals surface area (Å²) >= 11 is 7.70. The molecule has 0 fully saturated rings. The molecule has 7 nitrogen and oxygen atoms in total. The van der Waals surface area contributed by atoms with Crippen LogP contribution in [-0.2, 0) is 9.53 Å². The van der Waals surface area contributed by atoms with Crippen LogP contribution < -0.4 is 4.74 Å². The Balaban J connectivity index is 1.74. The summed E-state index contributed by atoms with van der Waals surface area (Å²) in [5.74, 6) is -0.568. The van der Waals surface area contributed by atoms with E-state index in [-0.39, 0.29) is 0 Å². The zero-order valence-electron chi connectivity index (χ0n) is 22.7. The van der Waals surface area contributed by atoms with Crippen LogP contribution in [0.1, 0.15) is 38.0 Å². The Kier molecular flexibility index (Phi) is 7.59. The highest BCUT2D eigenvalue weighted by Gasteiger charge is 2.32. The van der Waals surface area contributed by atoms with Gasteiger partial charge in [-0.15, -0.1) is 11.3 Å². The number of aromatic nitrogens is 3. The molecule has 3 heterocycles. The minimum Gasteiger partial charge on any atom is -0.481 e. The molecule has 2 aromatic carbocycles. The quantitative estimate of drug-likeness (QED) is 0.211. The fourth-order valence-electron chi connectivity index (χ4n) is 4.62. The van der Waals surface area contributed by atoms with E-state index < -0.39 is 17.7 Å². The molecule has 5 rings (SSSR count). The van der Waals surface area contributed by atoms with Crippen molar-refractivity contribution in [3.05, 3.63) is 83.1 Å². The predicted molar refractivity (Wildman–Crippen MR) is 159 cm³/mol. The molecule has 0 aliphatic carbocycles. The monoisotopic (exact) mass is 573 g/mol. The lowest BCUT2D eigenvalue weighted by Gasteiger charge is -2.28. The first-order chi connectivity index (χ1) is 19.1. The van der Waals surface area contributed by atoms with Crippen molar-refractivity contribution in [2.45, 2.75) is 39.4 Å². The molecule has 40 heavy (non-hydrogen) atoms. The SMILES string of the molecule is COc1ncccc1-c1cc(-c2nc3cc(C)c([C@H](OC(C)(C)C)C(=O)O)c(-c4ccc(Cl)cc4)c3s2)ccn1. The van der Waals surface area contributed by atoms with Crippen LogP contribution in [0.2, 0.25) is 5.02 Å². The molecule has 0 saturated heterocycles. The lowest BCUT2D eigenvalue weighted by atomic mass is 9.91. The number of halogens is 1. The molecule has 3 aromatic heterocycles. The van der Waals surface area contributed by atoms with Gasteiger partial charge in [-0.2, -0.15) is 0 Å². The molecule has 0 spiro atoms. The maximum Gasteiger partial charge on any atom is 0.337 e. The van der Waals surface area contributed by atoms with E-state index in [1.807, 2.05) is 70.2 Å². The zero-order valence-corrected chi connectivity index (χ0v) is 24.3. The van der Waals surface area contributed by atoms with Gasteiger partial charge in [-0.3, -0.25) is 4.98 Å². The van der Waals surface area contributed by atoms with Gasteiger partial charge in [0.15, 0.2) is 6.10 Å². The molecule has 5 aromatic rings. The van der Waals surface area contributed by atoms with Crippen molar-refractivity contribution in [3.63, 3.8) is 0 Å². The summed E-state index contributed by atoms with van der Waals surface area (Å²) in [5, 5.41) is 11.7. The zero-order chi connectivity index (χ0) is 28.6. The van der Waals surface area contributed by atoms with Gasteiger partial charge in [0.25, 0.3) is 0 Å². The van der Waals surface area contributed by atoms with Gasteiger partial charge >= 0.3 is 5.97 Å². The van der Waals surface area contributed by atoms with Crippen LogP contribution in [0.3, 0.4) is 0 Å². The molecular formula is C31H28ClN3O4S. The first-order valence-corrected chi connectivity index (χ1v) is 13.8. The molecule has 0 radical (unpaired) electrons. The third kappa shape index (κ3) is 5.56. The molecule has 0 unspecified atom stereocenters. The number of fused-ring (bicyclic) bond motifs is 1. The van der Waals surface area contributed by atoms with Gasteiger partial charge in [-0.25, -0.2) is 14.8 Å². The summed E-state index contributed by atoms with van der Waals surface area (Å²) in [6.45, 7) is 7.44. The van der Waals surface area contributed by atoms with Crippen LogP contribution >= 0.6 is 22.9 Å². The van der Waals surface area contributed by atoms with E-state index in [2.05, 4.69) is 9.97 Å². The van der Waals surface area contributed by atoms with Crippen molar-refractivity contribution in [2.24, 2.45) is 0 Å². The van der Waals surface area contributed by atoms with Crippen molar-refractivity contribution >= 4 is 39.1 Å². The van der Waals surface area contributed by atoms with E-state index in [4.69, 9.17) is 26.1 Å². The lowest BCUT2D eigenvalue weighted by Crippen LogP contribution is -2.28. The van der Waals surface area contributed by atoms with Crippen molar-refractivity contribution in [3.8, 4) is 38.8 Å². The maximum atomic E-state index is 12.6. The van der Waals surface area contributed by atoms with E-state index >= 15 is 0 Å². The summed E-state index contributed by atoms with van der Waals surface area (Å²) in [4.78, 5) is 26.4. The second-order valence-electron chi connectivity index (χ2n) is 10.3. The van der Waals surface area contributed by atoms with Crippen molar-refractivity contribution < 1.29 is 19.4 Å². The van der Waals surface area contributed by atoms with Gasteiger partial charge in [-0.05, 0) is 81.3 Å². The minimum absolute atomic E-state index is 0.486. The Labute approximate surface area is 241 Å². The van der Waals surface area contributed by atoms with Crippen LogP contribution in [0.4, 0.5) is 0 Å². The fourth-order valence-corrected chi connectivity index (χ4v) is 5.87. The average Bonchev–Trinajstić information content (AvgIpc) is 3.35. The number of aryl methyl sites for hydroxylation is 1. The molecule has 1 N–H and O–H groups in total. The van der Waals surface area contributed by atoms with Gasteiger partial charge in [0.1, 0.15) is 5.01 Å². The van der Waals surface area contributed by atoms with E-state index in [0.29, 0.717) is 22.2 Å². The third-order valence-electron chi connectivity index (χ3n) is 6.27. The smallest absolute Gasteiger partial charge is 0.337 e. The van der Waals surface area contributed by atoms with Gasteiger partial charge in [0.05, 0.1) is 34.2 Å². The molecule has 1 atom stereocenters. The van der Waals surface area contributed by atoms with Gasteiger partial charge in [0, 0.05) is 34.1 Å². The number of hydrogen-bond donors (Lipinski definition) is 1. The topological polar surface area (TPSA) is 94.4 Å². The predicted octanol–water partition coefficient (Wildman–Crippen LogP) is 8.00. The molecule has 0 bridgehead atoms. The molecule has 204 valence electrons. The van der Waals surface area contributed by atoms with E-state index in [1.165, 1.54) is 11.3 Å². The summed E-state index contributed by atoms with van der Waals surface area (Å²) in [6, 6.07) is 16.9. The van der Waals surface area contributed by atoms with Crippen molar-refractivity contribution in [1.82, 2.24) is 15.0 Å². The van der Waals surface area contributed by atoms with Gasteiger partial charge in [-0.1, -0.05) is 23.7 Å². The van der Waals surface area contributed by atoms with Crippen LogP contribution in [0.15, 0.2) is 67.0 Å². The highest BCUT2D eigenvalue weighted by molar-refractivity contribution is 7.22. The Bertz CT molecular complexity index is 1710. The molecule has 0 amide bonds. The number of rotatable bonds is 7. The van der Waals surface area contributed by atoms with Gasteiger partial charge in [0.2, 0.25) is 5.88 Å². The van der Waals surface area contributed by atoms with E-state index in [9.17, 15) is 9.90 Å². The Hall–Kier alpha value is -3.85. The van der Waals surface area contributed by atoms with E-state index in [1.54, 1.807) is 31.6 Å². The lowest BCUT2D eigenvalue weighted by molar-refractivity contribution is -0.160. The van der Waals surface area contributed by atoms with Crippen LogP contribution in [0, 0.1) is 6.92 Å². The summed E-state index contributed by atoms with van der Waals surface area (Å²) in [5.41, 5.74) is 5.43. The number of nitrogens with zero attached hydrogens (tertiary/aromatic N) is 3. The highest BCUT2D eigenvalue weighted by Crippen LogP contribution is 2.44. The normalized spacial score (nSPS) is 12.4. The Morgan fingerprint density at radius 2 is 1.77 bits per heavy atom. The second-order valence-corrected chi connectivity index (χ2v) is 11.7. The molecule has 9 heteroatoms. The number of carboxylic acid groups (broad SMARTS) is 1. The Morgan fingerprint density at radius 1 is 1.02 bits per heavy atom. The number of ether oxygens (including phenoxy) is 2. The number of aliphatic carboxylic acids is 1. The first-order valence-electron chi connectivity index (χ1n) is 12.6. The standard InChI is InChI=1S/C31H28ClN3O4S/c1-17-15-23-27(25(18-8-10-20(32)11-9-18)24(17)26(30(36)37)39-31(2,3)4)40-29(35-23)19-12-14-33-22(16-19)21-7-6-13-34-28(21)38-5/h6-16,26H,1-5H3,(H,36,37)/t26-/m0/s1. The maximum absolute atomic E-state index is 12.6. The average molecular weight is 574 g/mol. The molecule has 0 aliphatic rings. The third-order valence-corrected chi connectivity index (χ3v) is 7.66. The van der Waals surface area contributed by atoms with Crippen LogP contribution in [0.5, 0.6) is 5.88 Å². The minimum atomic E-state index is -1.17. The Morgan fingerprint density at radius 3 is 2.45 bits per heavy atom. The van der Waals surface area contributed by atoms with E-state index in [0.717, 1.165) is 43.0 Å². The fraction of sp³-hybridized carbons (Fsp3) is 0.226. The number of pyridine rings is 2. The second kappa shape index (κ2) is 11.0. The number of benzene rings is 2. The summed E-state index contributed by atoms with van der Waals surface area (Å²) in [6.07, 6.45) is 2.23. The molecule has 0 aliphatic heterocycles. The first kappa shape index (κ1) is 27.7. The number of methoxy groups -OCH3 is 1.